The zero-order valence-electron chi connectivity index (χ0n) is 10.2. The van der Waals surface area contributed by atoms with Gasteiger partial charge in [-0.3, -0.25) is 4.98 Å². The van der Waals surface area contributed by atoms with Gasteiger partial charge in [0, 0.05) is 11.6 Å². The lowest BCUT2D eigenvalue weighted by molar-refractivity contribution is 0.144. The van der Waals surface area contributed by atoms with Crippen molar-refractivity contribution in [1.29, 1.82) is 0 Å². The fraction of sp³-hybridized carbons (Fsp3) is 0.357. The Morgan fingerprint density at radius 3 is 2.83 bits per heavy atom. The lowest BCUT2D eigenvalue weighted by Crippen LogP contribution is -2.48. The monoisotopic (exact) mass is 243 g/mol. The second kappa shape index (κ2) is 4.14. The molecule has 4 nitrogen and oxygen atoms in total. The Morgan fingerprint density at radius 2 is 2.17 bits per heavy atom. The first-order chi connectivity index (χ1) is 8.74. The van der Waals surface area contributed by atoms with Crippen molar-refractivity contribution < 1.29 is 5.11 Å². The molecule has 0 radical (unpaired) electrons. The van der Waals surface area contributed by atoms with E-state index in [0.29, 0.717) is 5.69 Å². The van der Waals surface area contributed by atoms with Crippen LogP contribution in [0.25, 0.3) is 10.9 Å². The molecule has 18 heavy (non-hydrogen) atoms. The highest BCUT2D eigenvalue weighted by atomic mass is 16.3. The first kappa shape index (κ1) is 11.3. The largest absolute Gasteiger partial charge is 0.397 e. The summed E-state index contributed by atoms with van der Waals surface area (Å²) in [5, 5.41) is 13.8. The van der Waals surface area contributed by atoms with Crippen molar-refractivity contribution in [1.82, 2.24) is 4.98 Å². The summed E-state index contributed by atoms with van der Waals surface area (Å²) < 4.78 is 0. The van der Waals surface area contributed by atoms with Crippen LogP contribution in [0.1, 0.15) is 19.3 Å². The molecule has 0 unspecified atom stereocenters. The Bertz CT molecular complexity index is 573. The molecule has 0 saturated heterocycles. The number of fused-ring (bicyclic) bond motifs is 1. The van der Waals surface area contributed by atoms with Crippen LogP contribution in [0.2, 0.25) is 0 Å². The molecule has 1 aliphatic rings. The summed E-state index contributed by atoms with van der Waals surface area (Å²) in [7, 11) is 0. The van der Waals surface area contributed by atoms with E-state index in [2.05, 4.69) is 10.3 Å². The second-order valence-electron chi connectivity index (χ2n) is 5.01. The van der Waals surface area contributed by atoms with Crippen LogP contribution in [0.15, 0.2) is 30.5 Å². The summed E-state index contributed by atoms with van der Waals surface area (Å²) in [5.74, 6) is 0. The van der Waals surface area contributed by atoms with E-state index in [4.69, 9.17) is 5.73 Å². The molecular formula is C14H17N3O. The number of nitrogens with zero attached hydrogens (tertiary/aromatic N) is 1. The highest BCUT2D eigenvalue weighted by Gasteiger charge is 2.36. The van der Waals surface area contributed by atoms with Gasteiger partial charge in [0.1, 0.15) is 0 Å². The first-order valence-corrected chi connectivity index (χ1v) is 6.26. The van der Waals surface area contributed by atoms with Gasteiger partial charge in [-0.1, -0.05) is 0 Å². The number of aromatic nitrogens is 1. The third-order valence-electron chi connectivity index (χ3n) is 3.84. The van der Waals surface area contributed by atoms with Crippen LogP contribution in [0.4, 0.5) is 11.4 Å². The number of hydrogen-bond acceptors (Lipinski definition) is 4. The summed E-state index contributed by atoms with van der Waals surface area (Å²) in [6.07, 6.45) is 4.90. The molecule has 1 heterocycles. The Kier molecular flexibility index (Phi) is 2.59. The Morgan fingerprint density at radius 1 is 1.33 bits per heavy atom. The van der Waals surface area contributed by atoms with Crippen LogP contribution in [-0.2, 0) is 0 Å². The Hall–Kier alpha value is -1.81. The van der Waals surface area contributed by atoms with Gasteiger partial charge in [-0.2, -0.15) is 0 Å². The summed E-state index contributed by atoms with van der Waals surface area (Å²) in [5.41, 5.74) is 8.50. The number of aliphatic hydroxyl groups excluding tert-OH is 1. The molecular weight excluding hydrogens is 226 g/mol. The molecule has 94 valence electrons. The summed E-state index contributed by atoms with van der Waals surface area (Å²) in [6, 6.07) is 7.75. The topological polar surface area (TPSA) is 71.2 Å². The smallest absolute Gasteiger partial charge is 0.0724 e. The van der Waals surface area contributed by atoms with E-state index >= 15 is 0 Å². The van der Waals surface area contributed by atoms with Crippen molar-refractivity contribution in [3.63, 3.8) is 0 Å². The number of hydrogen-bond donors (Lipinski definition) is 3. The normalized spacial score (nSPS) is 17.4. The minimum Gasteiger partial charge on any atom is -0.397 e. The molecule has 1 aliphatic carbocycles. The number of nitrogens with one attached hydrogen (secondary N) is 1. The van der Waals surface area contributed by atoms with Crippen LogP contribution in [0.5, 0.6) is 0 Å². The Labute approximate surface area is 106 Å². The molecule has 0 amide bonds. The molecule has 1 fully saturated rings. The quantitative estimate of drug-likeness (QED) is 0.722. The SMILES string of the molecule is Nc1c(NC2(CO)CCC2)ccc2ncccc12. The molecule has 4 N–H and O–H groups in total. The van der Waals surface area contributed by atoms with Crippen LogP contribution in [-0.4, -0.2) is 22.2 Å². The van der Waals surface area contributed by atoms with Crippen molar-refractivity contribution in [2.24, 2.45) is 0 Å². The lowest BCUT2D eigenvalue weighted by atomic mass is 9.77. The summed E-state index contributed by atoms with van der Waals surface area (Å²) >= 11 is 0. The number of nitrogens with two attached hydrogens (primary N) is 1. The molecule has 0 aliphatic heterocycles. The van der Waals surface area contributed by atoms with E-state index in [1.165, 1.54) is 0 Å². The van der Waals surface area contributed by atoms with Crippen molar-refractivity contribution in [2.75, 3.05) is 17.7 Å². The predicted molar refractivity (Wildman–Crippen MR) is 73.4 cm³/mol. The highest BCUT2D eigenvalue weighted by molar-refractivity contribution is 5.97. The average Bonchev–Trinajstić information content (AvgIpc) is 2.37. The molecule has 2 aromatic rings. The van der Waals surface area contributed by atoms with Crippen molar-refractivity contribution in [3.05, 3.63) is 30.5 Å². The van der Waals surface area contributed by atoms with Crippen LogP contribution >= 0.6 is 0 Å². The van der Waals surface area contributed by atoms with Gasteiger partial charge in [0.05, 0.1) is 29.0 Å². The zero-order chi connectivity index (χ0) is 12.6. The standard InChI is InChI=1S/C14H17N3O/c15-13-10-3-1-8-16-11(10)4-5-12(13)17-14(9-18)6-2-7-14/h1,3-5,8,17-18H,2,6-7,9,15H2. The van der Waals surface area contributed by atoms with E-state index in [9.17, 15) is 5.11 Å². The van der Waals surface area contributed by atoms with Crippen LogP contribution < -0.4 is 11.1 Å². The molecule has 1 aromatic carbocycles. The lowest BCUT2D eigenvalue weighted by Gasteiger charge is -2.42. The average molecular weight is 243 g/mol. The maximum atomic E-state index is 9.49. The number of benzene rings is 1. The minimum atomic E-state index is -0.177. The fourth-order valence-electron chi connectivity index (χ4n) is 2.50. The number of rotatable bonds is 3. The second-order valence-corrected chi connectivity index (χ2v) is 5.01. The minimum absolute atomic E-state index is 0.150. The Balaban J connectivity index is 2.00. The maximum Gasteiger partial charge on any atom is 0.0724 e. The number of aliphatic hydroxyl groups is 1. The maximum absolute atomic E-state index is 9.49. The van der Waals surface area contributed by atoms with Crippen molar-refractivity contribution >= 4 is 22.3 Å². The third-order valence-corrected chi connectivity index (χ3v) is 3.84. The molecule has 0 spiro atoms. The van der Waals surface area contributed by atoms with E-state index in [0.717, 1.165) is 35.9 Å². The fourth-order valence-corrected chi connectivity index (χ4v) is 2.50. The van der Waals surface area contributed by atoms with E-state index in [1.807, 2.05) is 24.3 Å². The van der Waals surface area contributed by atoms with Gasteiger partial charge in [-0.05, 0) is 43.5 Å². The van der Waals surface area contributed by atoms with E-state index in [-0.39, 0.29) is 12.1 Å². The zero-order valence-corrected chi connectivity index (χ0v) is 10.2. The van der Waals surface area contributed by atoms with Gasteiger partial charge in [0.15, 0.2) is 0 Å². The van der Waals surface area contributed by atoms with Gasteiger partial charge in [0.25, 0.3) is 0 Å². The molecule has 4 heteroatoms. The van der Waals surface area contributed by atoms with Gasteiger partial charge >= 0.3 is 0 Å². The van der Waals surface area contributed by atoms with Gasteiger partial charge in [-0.25, -0.2) is 0 Å². The number of anilines is 2. The molecule has 1 aromatic heterocycles. The third kappa shape index (κ3) is 1.69. The molecule has 3 rings (SSSR count). The summed E-state index contributed by atoms with van der Waals surface area (Å²) in [4.78, 5) is 4.28. The van der Waals surface area contributed by atoms with Gasteiger partial charge in [-0.15, -0.1) is 0 Å². The molecule has 1 saturated carbocycles. The first-order valence-electron chi connectivity index (χ1n) is 6.26. The predicted octanol–water partition coefficient (Wildman–Crippen LogP) is 2.14. The number of pyridine rings is 1. The van der Waals surface area contributed by atoms with Crippen LogP contribution in [0, 0.1) is 0 Å². The summed E-state index contributed by atoms with van der Waals surface area (Å²) in [6.45, 7) is 0.150. The van der Waals surface area contributed by atoms with Crippen molar-refractivity contribution in [2.45, 2.75) is 24.8 Å². The van der Waals surface area contributed by atoms with E-state index < -0.39 is 0 Å². The van der Waals surface area contributed by atoms with Crippen LogP contribution in [0.3, 0.4) is 0 Å². The molecule has 0 bridgehead atoms. The highest BCUT2D eigenvalue weighted by Crippen LogP contribution is 2.37. The van der Waals surface area contributed by atoms with Gasteiger partial charge in [0.2, 0.25) is 0 Å². The van der Waals surface area contributed by atoms with Gasteiger partial charge < -0.3 is 16.2 Å². The molecule has 0 atom stereocenters. The number of nitrogen functional groups attached to an aromatic ring is 1. The van der Waals surface area contributed by atoms with E-state index in [1.54, 1.807) is 6.20 Å². The van der Waals surface area contributed by atoms with Crippen molar-refractivity contribution in [3.8, 4) is 0 Å².